The van der Waals surface area contributed by atoms with E-state index >= 15 is 0 Å². The van der Waals surface area contributed by atoms with E-state index in [1.807, 2.05) is 18.4 Å². The van der Waals surface area contributed by atoms with Gasteiger partial charge in [-0.15, -0.1) is 11.3 Å². The summed E-state index contributed by atoms with van der Waals surface area (Å²) in [4.78, 5) is 16.5. The Balaban J connectivity index is 1.79. The molecule has 0 aliphatic rings. The molecule has 2 aromatic carbocycles. The third kappa shape index (κ3) is 4.82. The highest BCUT2D eigenvalue weighted by Gasteiger charge is 2.13. The van der Waals surface area contributed by atoms with Gasteiger partial charge in [-0.25, -0.2) is 4.98 Å². The Morgan fingerprint density at radius 3 is 2.72 bits per heavy atom. The fraction of sp³-hybridized carbons (Fsp3) is 0.158. The van der Waals surface area contributed by atoms with E-state index in [0.29, 0.717) is 28.0 Å². The topological polar surface area (TPSA) is 39.2 Å². The van der Waals surface area contributed by atoms with Crippen LogP contribution in [0.1, 0.15) is 16.1 Å². The lowest BCUT2D eigenvalue weighted by Crippen LogP contribution is -2.07. The van der Waals surface area contributed by atoms with Crippen LogP contribution in [-0.4, -0.2) is 10.8 Å². The molecule has 6 heteroatoms. The smallest absolute Gasteiger partial charge is 0.144 e. The van der Waals surface area contributed by atoms with Crippen LogP contribution in [0.3, 0.4) is 0 Å². The maximum absolute atomic E-state index is 12.3. The molecule has 0 aliphatic carbocycles. The monoisotopic (exact) mass is 391 g/mol. The molecule has 1 aromatic heterocycles. The average molecular weight is 392 g/mol. The highest BCUT2D eigenvalue weighted by molar-refractivity contribution is 7.09. The van der Waals surface area contributed by atoms with Gasteiger partial charge in [0.15, 0.2) is 0 Å². The van der Waals surface area contributed by atoms with Crippen molar-refractivity contribution in [1.82, 2.24) is 4.98 Å². The fourth-order valence-electron chi connectivity index (χ4n) is 2.38. The molecule has 0 spiro atoms. The number of carbonyl (C=O) groups is 1. The zero-order valence-electron chi connectivity index (χ0n) is 13.5. The number of ether oxygens (including phenoxy) is 1. The van der Waals surface area contributed by atoms with Gasteiger partial charge < -0.3 is 4.74 Å². The van der Waals surface area contributed by atoms with E-state index < -0.39 is 0 Å². The summed E-state index contributed by atoms with van der Waals surface area (Å²) in [6.45, 7) is 1.91. The van der Waals surface area contributed by atoms with E-state index in [2.05, 4.69) is 4.98 Å². The number of rotatable bonds is 6. The number of hydrogen-bond donors (Lipinski definition) is 0. The van der Waals surface area contributed by atoms with Gasteiger partial charge in [0.2, 0.25) is 0 Å². The first kappa shape index (κ1) is 17.9. The van der Waals surface area contributed by atoms with Gasteiger partial charge in [-0.1, -0.05) is 23.2 Å². The Labute approximate surface area is 160 Å². The molecule has 0 radical (unpaired) electrons. The Hall–Kier alpha value is -1.88. The number of hydrogen-bond acceptors (Lipinski definition) is 4. The lowest BCUT2D eigenvalue weighted by molar-refractivity contribution is -0.117. The number of nitrogens with zero attached hydrogens (tertiary/aromatic N) is 1. The minimum atomic E-state index is 0.0642. The Morgan fingerprint density at radius 1 is 1.16 bits per heavy atom. The highest BCUT2D eigenvalue weighted by atomic mass is 35.5. The molecule has 0 unspecified atom stereocenters. The Bertz CT molecular complexity index is 894. The molecule has 0 fully saturated rings. The van der Waals surface area contributed by atoms with Crippen LogP contribution in [0, 0.1) is 6.92 Å². The first-order valence-corrected chi connectivity index (χ1v) is 9.27. The van der Waals surface area contributed by atoms with Crippen molar-refractivity contribution in [3.8, 4) is 11.5 Å². The van der Waals surface area contributed by atoms with E-state index in [1.165, 1.54) is 11.3 Å². The van der Waals surface area contributed by atoms with Gasteiger partial charge in [0.1, 0.15) is 17.3 Å². The van der Waals surface area contributed by atoms with Gasteiger partial charge >= 0.3 is 0 Å². The van der Waals surface area contributed by atoms with Crippen LogP contribution < -0.4 is 4.74 Å². The molecular formula is C19H15Cl2NO2S. The summed E-state index contributed by atoms with van der Waals surface area (Å²) in [5.74, 6) is 1.34. The largest absolute Gasteiger partial charge is 0.457 e. The van der Waals surface area contributed by atoms with Crippen molar-refractivity contribution in [1.29, 1.82) is 0 Å². The molecule has 0 atom stereocenters. The van der Waals surface area contributed by atoms with Gasteiger partial charge in [0.05, 0.1) is 11.4 Å². The highest BCUT2D eigenvalue weighted by Crippen LogP contribution is 2.30. The van der Waals surface area contributed by atoms with Crippen molar-refractivity contribution < 1.29 is 9.53 Å². The molecule has 1 heterocycles. The van der Waals surface area contributed by atoms with Crippen molar-refractivity contribution in [2.75, 3.05) is 0 Å². The maximum atomic E-state index is 12.3. The van der Waals surface area contributed by atoms with Crippen LogP contribution in [0.15, 0.2) is 48.0 Å². The van der Waals surface area contributed by atoms with Crippen LogP contribution in [-0.2, 0) is 17.6 Å². The van der Waals surface area contributed by atoms with Gasteiger partial charge in [0, 0.05) is 33.6 Å². The number of thiazole rings is 1. The number of Topliss-reactive ketones (excluding diaryl/α,β-unsaturated/α-hetero) is 1. The summed E-state index contributed by atoms with van der Waals surface area (Å²) in [5.41, 5.74) is 1.68. The maximum Gasteiger partial charge on any atom is 0.144 e. The van der Waals surface area contributed by atoms with Crippen molar-refractivity contribution in [2.24, 2.45) is 0 Å². The molecule has 0 bridgehead atoms. The lowest BCUT2D eigenvalue weighted by atomic mass is 10.1. The van der Waals surface area contributed by atoms with E-state index in [-0.39, 0.29) is 12.2 Å². The molecule has 3 nitrogen and oxygen atoms in total. The normalized spacial score (nSPS) is 10.7. The van der Waals surface area contributed by atoms with E-state index in [0.717, 1.165) is 16.1 Å². The van der Waals surface area contributed by atoms with E-state index in [4.69, 9.17) is 27.9 Å². The third-order valence-electron chi connectivity index (χ3n) is 3.60. The second-order valence-electron chi connectivity index (χ2n) is 5.58. The zero-order chi connectivity index (χ0) is 17.8. The lowest BCUT2D eigenvalue weighted by Gasteiger charge is -2.12. The predicted octanol–water partition coefficient (Wildman–Crippen LogP) is 5.90. The number of ketones is 1. The predicted molar refractivity (Wildman–Crippen MR) is 102 cm³/mol. The van der Waals surface area contributed by atoms with Crippen LogP contribution in [0.25, 0.3) is 0 Å². The molecule has 25 heavy (non-hydrogen) atoms. The molecule has 128 valence electrons. The summed E-state index contributed by atoms with van der Waals surface area (Å²) < 4.78 is 5.95. The van der Waals surface area contributed by atoms with Crippen LogP contribution >= 0.6 is 34.5 Å². The fourth-order valence-corrected chi connectivity index (χ4v) is 3.33. The summed E-state index contributed by atoms with van der Waals surface area (Å²) in [7, 11) is 0. The second-order valence-corrected chi connectivity index (χ2v) is 7.41. The van der Waals surface area contributed by atoms with E-state index in [9.17, 15) is 4.79 Å². The molecular weight excluding hydrogens is 377 g/mol. The first-order chi connectivity index (χ1) is 12.0. The summed E-state index contributed by atoms with van der Waals surface area (Å²) in [6.07, 6.45) is 2.25. The van der Waals surface area contributed by atoms with Crippen molar-refractivity contribution in [3.05, 3.63) is 74.2 Å². The molecule has 0 amide bonds. The van der Waals surface area contributed by atoms with Gasteiger partial charge in [-0.2, -0.15) is 0 Å². The van der Waals surface area contributed by atoms with Crippen LogP contribution in [0.4, 0.5) is 0 Å². The average Bonchev–Trinajstić information content (AvgIpc) is 3.06. The first-order valence-electron chi connectivity index (χ1n) is 7.64. The molecule has 3 aromatic rings. The number of aromatic nitrogens is 1. The van der Waals surface area contributed by atoms with Crippen molar-refractivity contribution >= 4 is 40.3 Å². The SMILES string of the molecule is Cc1cc(Oc2ccc(Cl)cc2CC(=O)Cc2nccs2)ccc1Cl. The number of benzene rings is 2. The molecule has 0 aliphatic heterocycles. The van der Waals surface area contributed by atoms with Crippen molar-refractivity contribution in [3.63, 3.8) is 0 Å². The van der Waals surface area contributed by atoms with Crippen LogP contribution in [0.2, 0.25) is 10.0 Å². The van der Waals surface area contributed by atoms with Gasteiger partial charge in [-0.3, -0.25) is 4.79 Å². The standard InChI is InChI=1S/C19H15Cl2NO2S/c1-12-8-16(3-4-17(12)21)24-18-5-2-14(20)9-13(18)10-15(23)11-19-22-6-7-25-19/h2-9H,10-11H2,1H3. The third-order valence-corrected chi connectivity index (χ3v) is 5.04. The molecule has 0 N–H and O–H groups in total. The van der Waals surface area contributed by atoms with E-state index in [1.54, 1.807) is 36.5 Å². The summed E-state index contributed by atoms with van der Waals surface area (Å²) in [5, 5.41) is 3.92. The Morgan fingerprint density at radius 2 is 2.00 bits per heavy atom. The quantitative estimate of drug-likeness (QED) is 0.524. The number of carbonyl (C=O) groups excluding carboxylic acids is 1. The minimum absolute atomic E-state index is 0.0642. The molecule has 0 saturated heterocycles. The van der Waals surface area contributed by atoms with Crippen molar-refractivity contribution in [2.45, 2.75) is 19.8 Å². The molecule has 0 saturated carbocycles. The number of aryl methyl sites for hydroxylation is 1. The molecule has 3 rings (SSSR count). The Kier molecular flexibility index (Phi) is 5.74. The second kappa shape index (κ2) is 8.00. The number of halogens is 2. The van der Waals surface area contributed by atoms with Gasteiger partial charge in [0.25, 0.3) is 0 Å². The summed E-state index contributed by atoms with van der Waals surface area (Å²) in [6, 6.07) is 10.7. The van der Waals surface area contributed by atoms with Crippen LogP contribution in [0.5, 0.6) is 11.5 Å². The zero-order valence-corrected chi connectivity index (χ0v) is 15.8. The summed E-state index contributed by atoms with van der Waals surface area (Å²) >= 11 is 13.6. The minimum Gasteiger partial charge on any atom is -0.457 e. The van der Waals surface area contributed by atoms with Gasteiger partial charge in [-0.05, 0) is 48.9 Å².